The lowest BCUT2D eigenvalue weighted by molar-refractivity contribution is 0.416. The summed E-state index contributed by atoms with van der Waals surface area (Å²) in [5, 5.41) is 4.06. The third-order valence-corrected chi connectivity index (χ3v) is 5.77. The summed E-state index contributed by atoms with van der Waals surface area (Å²) in [6.07, 6.45) is 5.82. The molecule has 0 bridgehead atoms. The molecule has 3 unspecified atom stereocenters. The van der Waals surface area contributed by atoms with E-state index in [0.29, 0.717) is 11.2 Å². The van der Waals surface area contributed by atoms with Crippen molar-refractivity contribution in [3.8, 4) is 0 Å². The van der Waals surface area contributed by atoms with Gasteiger partial charge in [0, 0.05) is 23.9 Å². The van der Waals surface area contributed by atoms with Gasteiger partial charge in [-0.1, -0.05) is 25.2 Å². The number of dihydropyridines is 1. The summed E-state index contributed by atoms with van der Waals surface area (Å²) in [7, 11) is 1.02. The molecule has 1 fully saturated rings. The van der Waals surface area contributed by atoms with Crippen molar-refractivity contribution >= 4 is 8.58 Å². The van der Waals surface area contributed by atoms with Crippen LogP contribution in [0, 0.1) is 0 Å². The molecular formula is C15H25N2P. The van der Waals surface area contributed by atoms with Crippen LogP contribution < -0.4 is 5.32 Å². The highest BCUT2D eigenvalue weighted by molar-refractivity contribution is 7.39. The van der Waals surface area contributed by atoms with Crippen LogP contribution in [-0.2, 0) is 0 Å². The molecule has 0 spiro atoms. The minimum Gasteiger partial charge on any atom is -0.377 e. The van der Waals surface area contributed by atoms with Crippen LogP contribution in [0.3, 0.4) is 0 Å². The zero-order valence-electron chi connectivity index (χ0n) is 12.0. The average molecular weight is 264 g/mol. The normalized spacial score (nSPS) is 32.4. The fourth-order valence-corrected chi connectivity index (χ4v) is 3.38. The molecular weight excluding hydrogens is 239 g/mol. The molecule has 100 valence electrons. The average Bonchev–Trinajstić information content (AvgIpc) is 2.72. The van der Waals surface area contributed by atoms with Gasteiger partial charge in [0.15, 0.2) is 0 Å². The number of rotatable bonds is 3. The summed E-state index contributed by atoms with van der Waals surface area (Å²) in [6.45, 7) is 15.4. The van der Waals surface area contributed by atoms with Gasteiger partial charge in [-0.3, -0.25) is 0 Å². The summed E-state index contributed by atoms with van der Waals surface area (Å²) in [5.74, 6) is 0. The first-order valence-corrected chi connectivity index (χ1v) is 8.20. The van der Waals surface area contributed by atoms with E-state index in [0.717, 1.165) is 8.58 Å². The molecule has 3 heteroatoms. The molecule has 2 rings (SSSR count). The van der Waals surface area contributed by atoms with E-state index in [1.165, 1.54) is 36.5 Å². The third kappa shape index (κ3) is 2.64. The molecule has 0 saturated carbocycles. The lowest BCUT2D eigenvalue weighted by atomic mass is 10.1. The van der Waals surface area contributed by atoms with Gasteiger partial charge in [0.2, 0.25) is 0 Å². The molecule has 2 aliphatic heterocycles. The molecule has 0 aromatic rings. The monoisotopic (exact) mass is 264 g/mol. The van der Waals surface area contributed by atoms with Crippen LogP contribution >= 0.6 is 8.58 Å². The van der Waals surface area contributed by atoms with Crippen molar-refractivity contribution in [1.29, 1.82) is 0 Å². The lowest BCUT2D eigenvalue weighted by Gasteiger charge is -2.30. The van der Waals surface area contributed by atoms with Crippen molar-refractivity contribution < 1.29 is 0 Å². The Hall–Kier alpha value is -0.750. The maximum absolute atomic E-state index is 4.02. The summed E-state index contributed by atoms with van der Waals surface area (Å²) >= 11 is 0. The van der Waals surface area contributed by atoms with Gasteiger partial charge in [-0.05, 0) is 33.0 Å². The molecule has 0 amide bonds. The number of hydrogen-bond acceptors (Lipinski definition) is 2. The quantitative estimate of drug-likeness (QED) is 0.622. The fraction of sp³-hybridized carbons (Fsp3) is 0.600. The van der Waals surface area contributed by atoms with Crippen LogP contribution in [0.1, 0.15) is 27.2 Å². The van der Waals surface area contributed by atoms with Crippen molar-refractivity contribution in [3.05, 3.63) is 35.7 Å². The SMILES string of the molecule is C=C(C)C1C=CC(N2CCC(C)(PC)C2)=C(C)N1. The number of nitrogens with one attached hydrogen (secondary N) is 1. The van der Waals surface area contributed by atoms with E-state index < -0.39 is 0 Å². The molecule has 0 aromatic carbocycles. The standard InChI is InChI=1S/C15H25N2P/c1-11(2)13-6-7-14(12(3)16-13)17-9-8-15(4,10-17)18-5/h6-7,13,16,18H,1,8-10H2,2-5H3. The van der Waals surface area contributed by atoms with E-state index in [4.69, 9.17) is 0 Å². The maximum atomic E-state index is 4.02. The number of nitrogens with zero attached hydrogens (tertiary/aromatic N) is 1. The lowest BCUT2D eigenvalue weighted by Crippen LogP contribution is -2.34. The van der Waals surface area contributed by atoms with Gasteiger partial charge in [-0.2, -0.15) is 0 Å². The van der Waals surface area contributed by atoms with E-state index >= 15 is 0 Å². The van der Waals surface area contributed by atoms with Crippen molar-refractivity contribution in [3.63, 3.8) is 0 Å². The zero-order chi connectivity index (χ0) is 13.3. The van der Waals surface area contributed by atoms with Gasteiger partial charge in [0.25, 0.3) is 0 Å². The van der Waals surface area contributed by atoms with Gasteiger partial charge in [-0.15, -0.1) is 8.58 Å². The first-order valence-electron chi connectivity index (χ1n) is 6.70. The highest BCUT2D eigenvalue weighted by atomic mass is 31.1. The van der Waals surface area contributed by atoms with Crippen LogP contribution in [0.15, 0.2) is 35.7 Å². The van der Waals surface area contributed by atoms with E-state index in [-0.39, 0.29) is 0 Å². The van der Waals surface area contributed by atoms with E-state index in [1.807, 2.05) is 0 Å². The molecule has 0 aromatic heterocycles. The predicted molar refractivity (Wildman–Crippen MR) is 82.4 cm³/mol. The largest absolute Gasteiger partial charge is 0.377 e. The highest BCUT2D eigenvalue weighted by Gasteiger charge is 2.33. The van der Waals surface area contributed by atoms with Gasteiger partial charge in [-0.25, -0.2) is 0 Å². The minimum atomic E-state index is 0.302. The Balaban J connectivity index is 2.10. The molecule has 0 radical (unpaired) electrons. The predicted octanol–water partition coefficient (Wildman–Crippen LogP) is 3.09. The second-order valence-electron chi connectivity index (χ2n) is 5.82. The maximum Gasteiger partial charge on any atom is 0.0654 e. The fourth-order valence-electron chi connectivity index (χ4n) is 2.67. The minimum absolute atomic E-state index is 0.302. The Kier molecular flexibility index (Phi) is 3.87. The van der Waals surface area contributed by atoms with Gasteiger partial charge < -0.3 is 10.2 Å². The molecule has 0 aliphatic carbocycles. The first kappa shape index (κ1) is 13.7. The number of allylic oxidation sites excluding steroid dienone is 2. The zero-order valence-corrected chi connectivity index (χ0v) is 13.0. The van der Waals surface area contributed by atoms with Crippen molar-refractivity contribution in [1.82, 2.24) is 10.2 Å². The Morgan fingerprint density at radius 1 is 1.61 bits per heavy atom. The van der Waals surface area contributed by atoms with Crippen molar-refractivity contribution in [2.45, 2.75) is 38.4 Å². The molecule has 3 atom stereocenters. The molecule has 1 N–H and O–H groups in total. The molecule has 2 aliphatic rings. The van der Waals surface area contributed by atoms with Gasteiger partial charge >= 0.3 is 0 Å². The second kappa shape index (κ2) is 5.09. The highest BCUT2D eigenvalue weighted by Crippen LogP contribution is 2.39. The van der Waals surface area contributed by atoms with Crippen LogP contribution in [-0.4, -0.2) is 35.9 Å². The molecule has 2 heterocycles. The Bertz CT molecular complexity index is 411. The molecule has 18 heavy (non-hydrogen) atoms. The Labute approximate surface area is 113 Å². The third-order valence-electron chi connectivity index (χ3n) is 4.15. The van der Waals surface area contributed by atoms with Crippen molar-refractivity contribution in [2.24, 2.45) is 0 Å². The second-order valence-corrected chi connectivity index (χ2v) is 7.53. The van der Waals surface area contributed by atoms with Crippen LogP contribution in [0.4, 0.5) is 0 Å². The van der Waals surface area contributed by atoms with E-state index in [9.17, 15) is 0 Å². The van der Waals surface area contributed by atoms with Crippen molar-refractivity contribution in [2.75, 3.05) is 19.8 Å². The smallest absolute Gasteiger partial charge is 0.0654 e. The summed E-state index contributed by atoms with van der Waals surface area (Å²) < 4.78 is 0. The summed E-state index contributed by atoms with van der Waals surface area (Å²) in [6, 6.07) is 0.302. The summed E-state index contributed by atoms with van der Waals surface area (Å²) in [5.41, 5.74) is 3.83. The molecule has 1 saturated heterocycles. The number of hydrogen-bond donors (Lipinski definition) is 1. The summed E-state index contributed by atoms with van der Waals surface area (Å²) in [4.78, 5) is 2.53. The van der Waals surface area contributed by atoms with Crippen LogP contribution in [0.5, 0.6) is 0 Å². The Morgan fingerprint density at radius 2 is 2.33 bits per heavy atom. The van der Waals surface area contributed by atoms with E-state index in [1.54, 1.807) is 0 Å². The van der Waals surface area contributed by atoms with Gasteiger partial charge in [0.05, 0.1) is 11.7 Å². The Morgan fingerprint density at radius 3 is 2.83 bits per heavy atom. The molecule has 2 nitrogen and oxygen atoms in total. The van der Waals surface area contributed by atoms with Crippen LogP contribution in [0.2, 0.25) is 0 Å². The van der Waals surface area contributed by atoms with Gasteiger partial charge in [0.1, 0.15) is 0 Å². The first-order chi connectivity index (χ1) is 8.45. The van der Waals surface area contributed by atoms with Crippen LogP contribution in [0.25, 0.3) is 0 Å². The number of likely N-dealkylation sites (tertiary alicyclic amines) is 1. The van der Waals surface area contributed by atoms with E-state index in [2.05, 4.69) is 56.4 Å². The topological polar surface area (TPSA) is 15.3 Å².